The van der Waals surface area contributed by atoms with Crippen LogP contribution in [0.1, 0.15) is 322 Å². The van der Waals surface area contributed by atoms with Gasteiger partial charge >= 0.3 is 0 Å². The number of carbonyl (C=O) groups is 1. The van der Waals surface area contributed by atoms with Gasteiger partial charge in [-0.1, -0.05) is 353 Å². The van der Waals surface area contributed by atoms with Crippen LogP contribution in [0.5, 0.6) is 0 Å². The Bertz CT molecular complexity index is 2560. The van der Waals surface area contributed by atoms with Crippen LogP contribution in [-0.4, -0.2) is 193 Å². The van der Waals surface area contributed by atoms with Crippen LogP contribution in [-0.2, 0) is 33.2 Å². The lowest BCUT2D eigenvalue weighted by atomic mass is 9.96. The molecule has 3 fully saturated rings. The Hall–Kier alpha value is -4.07. The molecule has 3 rings (SSSR count). The highest BCUT2D eigenvalue weighted by Gasteiger charge is 2.54. The fourth-order valence-electron chi connectivity index (χ4n) is 14.3. The van der Waals surface area contributed by atoms with E-state index in [1.807, 2.05) is 6.08 Å². The zero-order valence-electron chi connectivity index (χ0n) is 70.1. The number of ether oxygens (including phenoxy) is 6. The average molecular weight is 1590 g/mol. The second kappa shape index (κ2) is 72.0. The van der Waals surface area contributed by atoms with Gasteiger partial charge in [-0.2, -0.15) is 0 Å². The number of allylic oxidation sites excluding steroid dienone is 21. The van der Waals surface area contributed by atoms with Gasteiger partial charge in [0.15, 0.2) is 18.9 Å². The molecule has 17 atom stereocenters. The van der Waals surface area contributed by atoms with Gasteiger partial charge in [0.25, 0.3) is 0 Å². The predicted octanol–water partition coefficient (Wildman–Crippen LogP) is 17.2. The molecule has 0 radical (unpaired) electrons. The molecule has 19 heteroatoms. The van der Waals surface area contributed by atoms with Gasteiger partial charge in [0.1, 0.15) is 73.2 Å². The van der Waals surface area contributed by atoms with Crippen molar-refractivity contribution < 1.29 is 89.4 Å². The lowest BCUT2D eigenvalue weighted by Crippen LogP contribution is -2.66. The quantitative estimate of drug-likeness (QED) is 0.0199. The average Bonchev–Trinajstić information content (AvgIpc) is 0.777. The minimum absolute atomic E-state index is 0.231. The molecule has 3 aliphatic rings. The summed E-state index contributed by atoms with van der Waals surface area (Å²) in [4.78, 5) is 13.5. The molecule has 0 spiro atoms. The van der Waals surface area contributed by atoms with Crippen LogP contribution in [0.25, 0.3) is 0 Å². The van der Waals surface area contributed by atoms with Crippen LogP contribution in [0.4, 0.5) is 0 Å². The summed E-state index contributed by atoms with van der Waals surface area (Å²) in [6.07, 6.45) is 77.2. The van der Waals surface area contributed by atoms with E-state index in [9.17, 15) is 61.0 Å². The summed E-state index contributed by atoms with van der Waals surface area (Å²) in [6.45, 7) is 1.65. The fraction of sp³-hybridized carbons (Fsp3) is 0.755. The molecule has 19 nitrogen and oxygen atoms in total. The Morgan fingerprint density at radius 3 is 0.956 bits per heavy atom. The van der Waals surface area contributed by atoms with Crippen LogP contribution < -0.4 is 5.32 Å². The van der Waals surface area contributed by atoms with Gasteiger partial charge in [-0.05, 0) is 96.3 Å². The van der Waals surface area contributed by atoms with Gasteiger partial charge in [-0.15, -0.1) is 0 Å². The zero-order chi connectivity index (χ0) is 81.7. The van der Waals surface area contributed by atoms with E-state index < -0.39 is 124 Å². The van der Waals surface area contributed by atoms with Crippen LogP contribution in [0.2, 0.25) is 0 Å². The molecule has 0 saturated carbocycles. The number of hydrogen-bond acceptors (Lipinski definition) is 18. The summed E-state index contributed by atoms with van der Waals surface area (Å²) in [6, 6.07) is -0.986. The van der Waals surface area contributed by atoms with Crippen molar-refractivity contribution in [1.82, 2.24) is 5.32 Å². The van der Waals surface area contributed by atoms with Crippen molar-refractivity contribution in [1.29, 1.82) is 0 Å². The van der Waals surface area contributed by atoms with E-state index in [-0.39, 0.29) is 18.9 Å². The minimum Gasteiger partial charge on any atom is -0.394 e. The third kappa shape index (κ3) is 50.5. The molecular weight excluding hydrogens is 1430 g/mol. The van der Waals surface area contributed by atoms with Crippen LogP contribution in [0.15, 0.2) is 134 Å². The maximum absolute atomic E-state index is 13.5. The summed E-state index contributed by atoms with van der Waals surface area (Å²) in [5.41, 5.74) is 0. The smallest absolute Gasteiger partial charge is 0.220 e. The second-order valence-corrected chi connectivity index (χ2v) is 31.3. The molecular formula is C94H161NO18. The predicted molar refractivity (Wildman–Crippen MR) is 456 cm³/mol. The van der Waals surface area contributed by atoms with Crippen molar-refractivity contribution in [2.45, 2.75) is 426 Å². The molecule has 113 heavy (non-hydrogen) atoms. The van der Waals surface area contributed by atoms with Gasteiger partial charge in [0.2, 0.25) is 5.91 Å². The van der Waals surface area contributed by atoms with E-state index in [2.05, 4.69) is 141 Å². The summed E-state index contributed by atoms with van der Waals surface area (Å²) in [7, 11) is 0. The number of amides is 1. The standard InChI is InChI=1S/C94H161NO18/c1-3-5-7-9-11-13-15-17-19-21-23-25-27-29-31-32-33-34-35-36-37-38-39-40-41-42-43-44-46-48-50-52-54-56-58-60-62-64-66-68-70-72-82(100)95-77(78(99)71-69-67-65-63-61-59-57-55-53-51-49-47-45-30-28-26-24-22-20-18-16-14-12-10-8-6-4-2)76-108-92-88(106)85(103)90(80(74-97)110-92)113-94-89(107)86(104)91(81(75-98)111-94)112-93-87(105)84(102)83(101)79(73-96)109-93/h5,7,11,13,17,19,23,25,29,31,33-34,36-37,39-40,42-43,46,48,69,71,77-81,83-94,96-99,101-107H,3-4,6,8-10,12,14-16,18,20-22,24,26-28,30,32,35,38,41,44-45,47,49-68,70,72-76H2,1-2H3,(H,95,100)/b7-5-,13-11-,19-17-,25-23-,31-29-,34-33-,37-36-,40-39-,43-42-,48-46-,71-69+. The molecule has 1 amide bonds. The Balaban J connectivity index is 1.33. The topological polar surface area (TPSA) is 307 Å². The molecule has 17 unspecified atom stereocenters. The number of unbranched alkanes of at least 4 members (excludes halogenated alkanes) is 35. The lowest BCUT2D eigenvalue weighted by molar-refractivity contribution is -0.379. The number of aliphatic hydroxyl groups excluding tert-OH is 11. The third-order valence-electron chi connectivity index (χ3n) is 21.5. The van der Waals surface area contributed by atoms with Crippen molar-refractivity contribution in [3.8, 4) is 0 Å². The molecule has 0 aromatic carbocycles. The number of hydrogen-bond donors (Lipinski definition) is 12. The van der Waals surface area contributed by atoms with E-state index in [4.69, 9.17) is 28.4 Å². The first-order valence-electron chi connectivity index (χ1n) is 44.9. The van der Waals surface area contributed by atoms with Crippen molar-refractivity contribution in [2.75, 3.05) is 26.4 Å². The SMILES string of the molecule is CC/C=C\C/C=C\C/C=C\C/C=C\C/C=C\C/C=C\C/C=C\C/C=C\C/C=C\C/C=C\CCCCCCCCCCCCC(=O)NC(COC1OC(CO)C(OC2OC(CO)C(OC3OC(CO)C(O)C(O)C3O)C(O)C2O)C(O)C1O)C(O)/C=C/CCCCCCCCCCCCCCCCCCCCCCCCCCC. The minimum atomic E-state index is -1.99. The lowest BCUT2D eigenvalue weighted by Gasteiger charge is -2.48. The van der Waals surface area contributed by atoms with Gasteiger partial charge in [0.05, 0.1) is 38.6 Å². The van der Waals surface area contributed by atoms with Crippen LogP contribution >= 0.6 is 0 Å². The molecule has 0 aliphatic carbocycles. The van der Waals surface area contributed by atoms with E-state index in [1.54, 1.807) is 6.08 Å². The molecule has 3 heterocycles. The maximum Gasteiger partial charge on any atom is 0.220 e. The Morgan fingerprint density at radius 2 is 0.611 bits per heavy atom. The highest BCUT2D eigenvalue weighted by Crippen LogP contribution is 2.33. The first-order valence-corrected chi connectivity index (χ1v) is 44.9. The number of rotatable bonds is 71. The monoisotopic (exact) mass is 1590 g/mol. The largest absolute Gasteiger partial charge is 0.394 e. The molecule has 0 aromatic rings. The summed E-state index contributed by atoms with van der Waals surface area (Å²) in [5, 5.41) is 121. The molecule has 3 saturated heterocycles. The molecule has 12 N–H and O–H groups in total. The van der Waals surface area contributed by atoms with Gasteiger partial charge in [0, 0.05) is 6.42 Å². The van der Waals surface area contributed by atoms with Gasteiger partial charge in [-0.25, -0.2) is 0 Å². The first-order chi connectivity index (χ1) is 55.3. The molecule has 3 aliphatic heterocycles. The maximum atomic E-state index is 13.5. The van der Waals surface area contributed by atoms with E-state index >= 15 is 0 Å². The summed E-state index contributed by atoms with van der Waals surface area (Å²) >= 11 is 0. The Morgan fingerprint density at radius 1 is 0.327 bits per heavy atom. The molecule has 0 bridgehead atoms. The highest BCUT2D eigenvalue weighted by molar-refractivity contribution is 5.76. The van der Waals surface area contributed by atoms with Crippen molar-refractivity contribution in [3.63, 3.8) is 0 Å². The van der Waals surface area contributed by atoms with Gasteiger partial charge in [-0.3, -0.25) is 4.79 Å². The fourth-order valence-corrected chi connectivity index (χ4v) is 14.3. The van der Waals surface area contributed by atoms with Crippen LogP contribution in [0.3, 0.4) is 0 Å². The van der Waals surface area contributed by atoms with Crippen molar-refractivity contribution in [3.05, 3.63) is 134 Å². The Kier molecular flexibility index (Phi) is 65.7. The number of nitrogens with one attached hydrogen (secondary N) is 1. The third-order valence-corrected chi connectivity index (χ3v) is 21.5. The Labute approximate surface area is 683 Å². The second-order valence-electron chi connectivity index (χ2n) is 31.3. The van der Waals surface area contributed by atoms with E-state index in [0.29, 0.717) is 6.42 Å². The van der Waals surface area contributed by atoms with Crippen molar-refractivity contribution >= 4 is 5.91 Å². The van der Waals surface area contributed by atoms with E-state index in [0.717, 1.165) is 122 Å². The van der Waals surface area contributed by atoms with Crippen molar-refractivity contribution in [2.24, 2.45) is 0 Å². The first kappa shape index (κ1) is 103. The molecule has 650 valence electrons. The molecule has 0 aromatic heterocycles. The summed E-state index contributed by atoms with van der Waals surface area (Å²) in [5.74, 6) is -0.282. The number of aliphatic hydroxyl groups is 11. The van der Waals surface area contributed by atoms with E-state index in [1.165, 1.54) is 173 Å². The zero-order valence-corrected chi connectivity index (χ0v) is 70.1. The van der Waals surface area contributed by atoms with Gasteiger partial charge < -0.3 is 89.9 Å². The normalized spacial score (nSPS) is 25.5. The number of carbonyl (C=O) groups excluding carboxylic acids is 1. The summed E-state index contributed by atoms with van der Waals surface area (Å²) < 4.78 is 34.5. The highest BCUT2D eigenvalue weighted by atomic mass is 16.8. The van der Waals surface area contributed by atoms with Crippen LogP contribution in [0, 0.1) is 0 Å².